The second-order valence-corrected chi connectivity index (χ2v) is 2.41. The van der Waals surface area contributed by atoms with Gasteiger partial charge in [-0.15, -0.1) is 14.5 Å². The number of hydrogen-bond acceptors (Lipinski definition) is 5. The molecule has 1 aromatic rings. The minimum absolute atomic E-state index is 0.364. The quantitative estimate of drug-likeness (QED) is 0.631. The molecule has 1 rings (SSSR count). The van der Waals surface area contributed by atoms with Crippen molar-refractivity contribution in [2.75, 3.05) is 14.2 Å². The SMILES string of the molecule is CCc1nn(C(=O)OC)c(=O)n1OC. The third-order valence-electron chi connectivity index (χ3n) is 1.65. The molecule has 14 heavy (non-hydrogen) atoms. The number of carbonyl (C=O) groups is 1. The zero-order valence-electron chi connectivity index (χ0n) is 8.18. The van der Waals surface area contributed by atoms with Crippen molar-refractivity contribution in [2.24, 2.45) is 0 Å². The van der Waals surface area contributed by atoms with Crippen molar-refractivity contribution in [3.8, 4) is 0 Å². The summed E-state index contributed by atoms with van der Waals surface area (Å²) in [6, 6.07) is 0. The Hall–Kier alpha value is -1.79. The first-order valence-corrected chi connectivity index (χ1v) is 3.99. The van der Waals surface area contributed by atoms with Crippen LogP contribution in [-0.4, -0.2) is 34.8 Å². The second-order valence-electron chi connectivity index (χ2n) is 2.41. The van der Waals surface area contributed by atoms with Gasteiger partial charge in [0.05, 0.1) is 7.11 Å². The van der Waals surface area contributed by atoms with Gasteiger partial charge in [-0.05, 0) is 0 Å². The van der Waals surface area contributed by atoms with E-state index in [9.17, 15) is 9.59 Å². The summed E-state index contributed by atoms with van der Waals surface area (Å²) in [4.78, 5) is 27.2. The molecule has 0 spiro atoms. The molecular weight excluding hydrogens is 190 g/mol. The molecular formula is C7H11N3O4. The van der Waals surface area contributed by atoms with Crippen LogP contribution in [0.4, 0.5) is 4.79 Å². The lowest BCUT2D eigenvalue weighted by Crippen LogP contribution is -2.32. The van der Waals surface area contributed by atoms with Crippen LogP contribution in [0.1, 0.15) is 12.7 Å². The van der Waals surface area contributed by atoms with Gasteiger partial charge in [-0.25, -0.2) is 9.59 Å². The zero-order chi connectivity index (χ0) is 10.7. The molecule has 0 fully saturated rings. The minimum Gasteiger partial charge on any atom is -0.451 e. The number of ether oxygens (including phenoxy) is 1. The molecule has 0 aromatic carbocycles. The van der Waals surface area contributed by atoms with Crippen LogP contribution in [0.2, 0.25) is 0 Å². The molecule has 0 atom stereocenters. The molecule has 7 nitrogen and oxygen atoms in total. The maximum Gasteiger partial charge on any atom is 0.439 e. The highest BCUT2D eigenvalue weighted by molar-refractivity contribution is 5.68. The molecule has 1 heterocycles. The van der Waals surface area contributed by atoms with Crippen LogP contribution in [-0.2, 0) is 11.2 Å². The molecule has 0 N–H and O–H groups in total. The van der Waals surface area contributed by atoms with Gasteiger partial charge in [-0.3, -0.25) is 0 Å². The number of nitrogens with zero attached hydrogens (tertiary/aromatic N) is 3. The number of hydrogen-bond donors (Lipinski definition) is 0. The normalized spacial score (nSPS) is 9.93. The number of rotatable bonds is 2. The molecule has 0 unspecified atom stereocenters. The minimum atomic E-state index is -0.833. The van der Waals surface area contributed by atoms with Crippen molar-refractivity contribution >= 4 is 6.09 Å². The largest absolute Gasteiger partial charge is 0.451 e. The Morgan fingerprint density at radius 1 is 1.50 bits per heavy atom. The Kier molecular flexibility index (Phi) is 2.90. The van der Waals surface area contributed by atoms with Crippen LogP contribution in [0, 0.1) is 0 Å². The zero-order valence-corrected chi connectivity index (χ0v) is 8.18. The van der Waals surface area contributed by atoms with Crippen molar-refractivity contribution in [3.05, 3.63) is 16.3 Å². The highest BCUT2D eigenvalue weighted by Gasteiger charge is 2.17. The van der Waals surface area contributed by atoms with E-state index in [1.54, 1.807) is 6.92 Å². The Balaban J connectivity index is 3.28. The van der Waals surface area contributed by atoms with Crippen LogP contribution in [0.5, 0.6) is 0 Å². The maximum atomic E-state index is 11.4. The number of methoxy groups -OCH3 is 1. The van der Waals surface area contributed by atoms with Crippen molar-refractivity contribution in [2.45, 2.75) is 13.3 Å². The predicted molar refractivity (Wildman–Crippen MR) is 46.2 cm³/mol. The fraction of sp³-hybridized carbons (Fsp3) is 0.571. The van der Waals surface area contributed by atoms with Crippen LogP contribution in [0.15, 0.2) is 4.79 Å². The van der Waals surface area contributed by atoms with E-state index < -0.39 is 11.8 Å². The molecule has 78 valence electrons. The molecule has 0 saturated heterocycles. The Morgan fingerprint density at radius 3 is 2.50 bits per heavy atom. The molecule has 1 aromatic heterocycles. The van der Waals surface area contributed by atoms with Gasteiger partial charge in [0.15, 0.2) is 5.82 Å². The summed E-state index contributed by atoms with van der Waals surface area (Å²) in [6.07, 6.45) is -0.354. The van der Waals surface area contributed by atoms with Gasteiger partial charge in [-0.1, -0.05) is 6.92 Å². The average molecular weight is 201 g/mol. The van der Waals surface area contributed by atoms with E-state index in [0.29, 0.717) is 16.9 Å². The van der Waals surface area contributed by atoms with Crippen LogP contribution in [0.25, 0.3) is 0 Å². The van der Waals surface area contributed by atoms with E-state index in [4.69, 9.17) is 4.84 Å². The van der Waals surface area contributed by atoms with E-state index in [0.717, 1.165) is 4.73 Å². The number of aryl methyl sites for hydroxylation is 1. The first-order chi connectivity index (χ1) is 6.65. The first kappa shape index (κ1) is 10.3. The number of aromatic nitrogens is 3. The van der Waals surface area contributed by atoms with E-state index in [1.807, 2.05) is 0 Å². The summed E-state index contributed by atoms with van der Waals surface area (Å²) in [5.41, 5.74) is -0.670. The van der Waals surface area contributed by atoms with E-state index in [2.05, 4.69) is 9.84 Å². The molecule has 0 amide bonds. The fourth-order valence-corrected chi connectivity index (χ4v) is 0.998. The second kappa shape index (κ2) is 3.95. The van der Waals surface area contributed by atoms with Crippen molar-refractivity contribution in [3.63, 3.8) is 0 Å². The molecule has 0 bridgehead atoms. The monoisotopic (exact) mass is 201 g/mol. The molecule has 0 saturated carbocycles. The third kappa shape index (κ3) is 1.48. The van der Waals surface area contributed by atoms with Gasteiger partial charge in [-0.2, -0.15) is 0 Å². The summed E-state index contributed by atoms with van der Waals surface area (Å²) in [7, 11) is 2.50. The molecule has 0 radical (unpaired) electrons. The smallest absolute Gasteiger partial charge is 0.439 e. The summed E-state index contributed by atoms with van der Waals surface area (Å²) < 4.78 is 5.92. The van der Waals surface area contributed by atoms with Crippen LogP contribution in [0.3, 0.4) is 0 Å². The van der Waals surface area contributed by atoms with Crippen molar-refractivity contribution in [1.82, 2.24) is 14.5 Å². The Labute approximate surface area is 79.8 Å². The van der Waals surface area contributed by atoms with Crippen molar-refractivity contribution in [1.29, 1.82) is 0 Å². The van der Waals surface area contributed by atoms with Gasteiger partial charge in [0.1, 0.15) is 7.11 Å². The van der Waals surface area contributed by atoms with Gasteiger partial charge in [0.2, 0.25) is 0 Å². The van der Waals surface area contributed by atoms with Gasteiger partial charge in [0, 0.05) is 6.42 Å². The topological polar surface area (TPSA) is 75.4 Å². The maximum absolute atomic E-state index is 11.4. The van der Waals surface area contributed by atoms with E-state index in [1.165, 1.54) is 14.2 Å². The van der Waals surface area contributed by atoms with Crippen LogP contribution >= 0.6 is 0 Å². The van der Waals surface area contributed by atoms with Crippen molar-refractivity contribution < 1.29 is 14.4 Å². The molecule has 0 aliphatic heterocycles. The van der Waals surface area contributed by atoms with E-state index in [-0.39, 0.29) is 0 Å². The lowest BCUT2D eigenvalue weighted by molar-refractivity contribution is 0.143. The number of carbonyl (C=O) groups excluding carboxylic acids is 1. The third-order valence-corrected chi connectivity index (χ3v) is 1.65. The standard InChI is InChI=1S/C7H11N3O4/c1-4-5-8-9(7(12)13-2)6(11)10(5)14-3/h4H2,1-3H3. The summed E-state index contributed by atoms with van der Waals surface area (Å²) in [5, 5.41) is 3.74. The summed E-state index contributed by atoms with van der Waals surface area (Å²) >= 11 is 0. The fourth-order valence-electron chi connectivity index (χ4n) is 0.998. The first-order valence-electron chi connectivity index (χ1n) is 3.99. The van der Waals surface area contributed by atoms with Gasteiger partial charge < -0.3 is 9.57 Å². The lowest BCUT2D eigenvalue weighted by Gasteiger charge is -1.97. The molecule has 0 aliphatic carbocycles. The molecule has 0 aliphatic rings. The Morgan fingerprint density at radius 2 is 2.14 bits per heavy atom. The van der Waals surface area contributed by atoms with Crippen LogP contribution < -0.4 is 10.5 Å². The highest BCUT2D eigenvalue weighted by Crippen LogP contribution is 1.91. The average Bonchev–Trinajstić information content (AvgIpc) is 2.53. The Bertz CT molecular complexity index is 392. The lowest BCUT2D eigenvalue weighted by atomic mass is 10.5. The summed E-state index contributed by atoms with van der Waals surface area (Å²) in [6.45, 7) is 1.79. The molecule has 7 heteroatoms. The van der Waals surface area contributed by atoms with E-state index >= 15 is 0 Å². The van der Waals surface area contributed by atoms with Gasteiger partial charge >= 0.3 is 11.8 Å². The highest BCUT2D eigenvalue weighted by atomic mass is 16.7. The predicted octanol–water partition coefficient (Wildman–Crippen LogP) is -0.720. The summed E-state index contributed by atoms with van der Waals surface area (Å²) in [5.74, 6) is 0.364. The van der Waals surface area contributed by atoms with Gasteiger partial charge in [0.25, 0.3) is 0 Å².